The van der Waals surface area contributed by atoms with E-state index in [0.29, 0.717) is 11.4 Å². The minimum absolute atomic E-state index is 0.00436. The summed E-state index contributed by atoms with van der Waals surface area (Å²) in [6.07, 6.45) is 1.98. The molecule has 6 nitrogen and oxygen atoms in total. The number of fused-ring (bicyclic) bond motifs is 3. The highest BCUT2D eigenvalue weighted by atomic mass is 35.5. The molecule has 36 heavy (non-hydrogen) atoms. The molecule has 11 heteroatoms. The largest absolute Gasteiger partial charge is 0.490 e. The zero-order valence-corrected chi connectivity index (χ0v) is 21.8. The van der Waals surface area contributed by atoms with Crippen LogP contribution in [0, 0.1) is 17.6 Å². The fraction of sp³-hybridized carbons (Fsp3) is 0.520. The van der Waals surface area contributed by atoms with Gasteiger partial charge in [-0.05, 0) is 74.9 Å². The van der Waals surface area contributed by atoms with E-state index in [9.17, 15) is 21.2 Å². The molecule has 0 aromatic heterocycles. The van der Waals surface area contributed by atoms with Gasteiger partial charge in [-0.2, -0.15) is 0 Å². The Kier molecular flexibility index (Phi) is 6.85. The summed E-state index contributed by atoms with van der Waals surface area (Å²) in [6.45, 7) is 0.108. The molecule has 2 aromatic carbocycles. The highest BCUT2D eigenvalue weighted by Crippen LogP contribution is 2.56. The first-order valence-corrected chi connectivity index (χ1v) is 15.6. The van der Waals surface area contributed by atoms with E-state index in [1.165, 1.54) is 24.3 Å². The Bertz CT molecular complexity index is 1360. The molecule has 0 radical (unpaired) electrons. The Morgan fingerprint density at radius 2 is 1.69 bits per heavy atom. The van der Waals surface area contributed by atoms with Crippen LogP contribution in [0.25, 0.3) is 0 Å². The predicted octanol–water partition coefficient (Wildman–Crippen LogP) is 4.83. The SMILES string of the molecule is O=S(=O)(CCCO[C@@H]1CC[C@@]2(S(=O)(=O)c3ccc(Cl)cc3)c3c(F)ccc(F)c3OC[C@H]2C1)C1CC1. The second-order valence-corrected chi connectivity index (χ2v) is 14.8. The third-order valence-electron chi connectivity index (χ3n) is 7.52. The smallest absolute Gasteiger partial charge is 0.188 e. The average Bonchev–Trinajstić information content (AvgIpc) is 3.70. The van der Waals surface area contributed by atoms with Crippen LogP contribution in [0.5, 0.6) is 5.75 Å². The van der Waals surface area contributed by atoms with E-state index in [1.54, 1.807) is 0 Å². The zero-order valence-electron chi connectivity index (χ0n) is 19.5. The second kappa shape index (κ2) is 9.53. The highest BCUT2D eigenvalue weighted by Gasteiger charge is 2.59. The van der Waals surface area contributed by atoms with Crippen molar-refractivity contribution in [1.29, 1.82) is 0 Å². The van der Waals surface area contributed by atoms with E-state index in [2.05, 4.69) is 0 Å². The molecule has 1 heterocycles. The summed E-state index contributed by atoms with van der Waals surface area (Å²) in [6, 6.07) is 7.51. The van der Waals surface area contributed by atoms with Crippen LogP contribution < -0.4 is 4.74 Å². The monoisotopic (exact) mass is 560 g/mol. The summed E-state index contributed by atoms with van der Waals surface area (Å²) in [5, 5.41) is 0.133. The van der Waals surface area contributed by atoms with Crippen molar-refractivity contribution in [3.05, 3.63) is 58.6 Å². The molecule has 0 spiro atoms. The van der Waals surface area contributed by atoms with Crippen LogP contribution in [0.2, 0.25) is 5.02 Å². The first-order valence-electron chi connectivity index (χ1n) is 12.0. The summed E-state index contributed by atoms with van der Waals surface area (Å²) in [5.41, 5.74) is -0.275. The van der Waals surface area contributed by atoms with E-state index in [0.717, 1.165) is 25.0 Å². The van der Waals surface area contributed by atoms with Gasteiger partial charge in [-0.3, -0.25) is 0 Å². The highest BCUT2D eigenvalue weighted by molar-refractivity contribution is 7.92. The van der Waals surface area contributed by atoms with Crippen LogP contribution >= 0.6 is 11.6 Å². The number of ether oxygens (including phenoxy) is 2. The predicted molar refractivity (Wildman–Crippen MR) is 131 cm³/mol. The van der Waals surface area contributed by atoms with Gasteiger partial charge >= 0.3 is 0 Å². The van der Waals surface area contributed by atoms with Gasteiger partial charge in [0.2, 0.25) is 0 Å². The molecule has 0 bridgehead atoms. The third-order valence-corrected chi connectivity index (χ3v) is 12.7. The molecule has 2 fully saturated rings. The van der Waals surface area contributed by atoms with Gasteiger partial charge in [-0.25, -0.2) is 25.6 Å². The van der Waals surface area contributed by atoms with Gasteiger partial charge in [0.05, 0.1) is 34.2 Å². The van der Waals surface area contributed by atoms with Crippen LogP contribution in [0.15, 0.2) is 41.3 Å². The van der Waals surface area contributed by atoms with Crippen LogP contribution in [0.1, 0.15) is 44.1 Å². The summed E-state index contributed by atoms with van der Waals surface area (Å²) in [4.78, 5) is -0.0296. The number of benzene rings is 2. The third kappa shape index (κ3) is 4.44. The number of sulfone groups is 2. The molecule has 2 saturated carbocycles. The van der Waals surface area contributed by atoms with Crippen molar-refractivity contribution >= 4 is 31.3 Å². The molecule has 2 aromatic rings. The Morgan fingerprint density at radius 1 is 1.00 bits per heavy atom. The summed E-state index contributed by atoms with van der Waals surface area (Å²) in [5.74, 6) is -2.66. The number of halogens is 3. The van der Waals surface area contributed by atoms with Crippen LogP contribution in [0.4, 0.5) is 8.78 Å². The molecule has 0 N–H and O–H groups in total. The van der Waals surface area contributed by atoms with Gasteiger partial charge in [-0.15, -0.1) is 0 Å². The first-order chi connectivity index (χ1) is 17.1. The maximum Gasteiger partial charge on any atom is 0.188 e. The number of hydrogen-bond acceptors (Lipinski definition) is 6. The van der Waals surface area contributed by atoms with Crippen molar-refractivity contribution in [2.75, 3.05) is 19.0 Å². The number of hydrogen-bond donors (Lipinski definition) is 0. The molecule has 3 aliphatic rings. The lowest BCUT2D eigenvalue weighted by atomic mass is 9.72. The Hall–Kier alpha value is -1.75. The zero-order chi connectivity index (χ0) is 25.7. The van der Waals surface area contributed by atoms with E-state index in [1.807, 2.05) is 0 Å². The van der Waals surface area contributed by atoms with Crippen molar-refractivity contribution in [1.82, 2.24) is 0 Å². The van der Waals surface area contributed by atoms with Crippen molar-refractivity contribution in [3.63, 3.8) is 0 Å². The molecule has 0 unspecified atom stereocenters. The number of rotatable bonds is 8. The van der Waals surface area contributed by atoms with Crippen LogP contribution in [-0.4, -0.2) is 47.2 Å². The molecule has 0 saturated heterocycles. The lowest BCUT2D eigenvalue weighted by Gasteiger charge is -2.48. The van der Waals surface area contributed by atoms with E-state index in [-0.39, 0.29) is 65.8 Å². The average molecular weight is 561 g/mol. The molecule has 3 atom stereocenters. The molecule has 0 amide bonds. The van der Waals surface area contributed by atoms with E-state index < -0.39 is 42.0 Å². The molecule has 1 aliphatic heterocycles. The maximum atomic E-state index is 15.3. The molecular formula is C25H27ClF2O6S2. The molecule has 2 aliphatic carbocycles. The van der Waals surface area contributed by atoms with Gasteiger partial charge < -0.3 is 9.47 Å². The lowest BCUT2D eigenvalue weighted by molar-refractivity contribution is -0.0148. The van der Waals surface area contributed by atoms with Gasteiger partial charge in [0.15, 0.2) is 31.2 Å². The molecular weight excluding hydrogens is 534 g/mol. The van der Waals surface area contributed by atoms with Crippen molar-refractivity contribution in [2.45, 2.75) is 59.5 Å². The van der Waals surface area contributed by atoms with Gasteiger partial charge in [0.1, 0.15) is 10.6 Å². The van der Waals surface area contributed by atoms with E-state index in [4.69, 9.17) is 21.1 Å². The van der Waals surface area contributed by atoms with Crippen molar-refractivity contribution in [2.24, 2.45) is 5.92 Å². The van der Waals surface area contributed by atoms with Gasteiger partial charge in [-0.1, -0.05) is 11.6 Å². The molecule has 5 rings (SSSR count). The fourth-order valence-electron chi connectivity index (χ4n) is 5.56. The summed E-state index contributed by atoms with van der Waals surface area (Å²) >= 11 is 5.96. The Balaban J connectivity index is 1.43. The Labute approximate surface area is 214 Å². The topological polar surface area (TPSA) is 86.7 Å². The van der Waals surface area contributed by atoms with Crippen molar-refractivity contribution in [3.8, 4) is 5.75 Å². The minimum Gasteiger partial charge on any atom is -0.490 e. The first kappa shape index (κ1) is 25.9. The standard InChI is InChI=1S/C25H27ClF2O6S2/c26-17-2-4-20(5-3-17)36(31,32)25-11-10-18(33-12-1-13-35(29,30)19-6-7-19)14-16(25)15-34-24-22(28)9-8-21(27)23(24)25/h2-5,8-9,16,18-19H,1,6-7,10-15H2/t16-,18-,25+/m1/s1. The summed E-state index contributed by atoms with van der Waals surface area (Å²) < 4.78 is 92.2. The normalized spacial score (nSPS) is 26.1. The fourth-order valence-corrected chi connectivity index (χ4v) is 9.75. The van der Waals surface area contributed by atoms with Gasteiger partial charge in [0.25, 0.3) is 0 Å². The van der Waals surface area contributed by atoms with Crippen molar-refractivity contribution < 1.29 is 35.1 Å². The molecule has 196 valence electrons. The summed E-state index contributed by atoms with van der Waals surface area (Å²) in [7, 11) is -7.28. The van der Waals surface area contributed by atoms with Crippen LogP contribution in [-0.2, 0) is 29.2 Å². The van der Waals surface area contributed by atoms with E-state index >= 15 is 4.39 Å². The van der Waals surface area contributed by atoms with Gasteiger partial charge in [0, 0.05) is 17.5 Å². The lowest BCUT2D eigenvalue weighted by Crippen LogP contribution is -2.53. The van der Waals surface area contributed by atoms with Crippen LogP contribution in [0.3, 0.4) is 0 Å². The quantitative estimate of drug-likeness (QED) is 0.430. The second-order valence-electron chi connectivity index (χ2n) is 9.78. The Morgan fingerprint density at radius 3 is 2.39 bits per heavy atom. The maximum absolute atomic E-state index is 15.3. The minimum atomic E-state index is -4.20.